The summed E-state index contributed by atoms with van der Waals surface area (Å²) in [6, 6.07) is 19.2. The summed E-state index contributed by atoms with van der Waals surface area (Å²) in [5.74, 6) is 1.87. The molecular weight excluding hydrogens is 338 g/mol. The van der Waals surface area contributed by atoms with Gasteiger partial charge in [-0.15, -0.1) is 0 Å². The fraction of sp³-hybridized carbons (Fsp3) is 0.261. The van der Waals surface area contributed by atoms with E-state index in [-0.39, 0.29) is 18.3 Å². The van der Waals surface area contributed by atoms with Crippen molar-refractivity contribution in [2.75, 3.05) is 5.32 Å². The number of carbonyl (C=O) groups excluding carboxylic acids is 1. The largest absolute Gasteiger partial charge is 0.486 e. The Hall–Kier alpha value is -3.01. The molecule has 1 amide bonds. The van der Waals surface area contributed by atoms with E-state index in [1.165, 1.54) is 11.1 Å². The second kappa shape index (κ2) is 8.58. The van der Waals surface area contributed by atoms with Gasteiger partial charge in [0.25, 0.3) is 5.91 Å². The average Bonchev–Trinajstić information content (AvgIpc) is 3.16. The van der Waals surface area contributed by atoms with E-state index in [1.807, 2.05) is 36.4 Å². The quantitative estimate of drug-likeness (QED) is 0.577. The molecule has 3 aromatic rings. The molecule has 0 saturated carbocycles. The summed E-state index contributed by atoms with van der Waals surface area (Å²) >= 11 is 0. The third kappa shape index (κ3) is 5.00. The van der Waals surface area contributed by atoms with Crippen LogP contribution >= 0.6 is 0 Å². The SMILES string of the molecule is CCc1ccc(NC(=O)c2ccc(COc3ccc(C(C)C)cc3)o2)cc1. The van der Waals surface area contributed by atoms with Crippen molar-refractivity contribution in [1.82, 2.24) is 0 Å². The number of ether oxygens (including phenoxy) is 1. The molecular formula is C23H25NO3. The van der Waals surface area contributed by atoms with Crippen LogP contribution < -0.4 is 10.1 Å². The second-order valence-electron chi connectivity index (χ2n) is 6.78. The molecule has 3 rings (SSSR count). The normalized spacial score (nSPS) is 10.8. The lowest BCUT2D eigenvalue weighted by atomic mass is 10.0. The van der Waals surface area contributed by atoms with Crippen molar-refractivity contribution in [2.24, 2.45) is 0 Å². The van der Waals surface area contributed by atoms with E-state index in [4.69, 9.17) is 9.15 Å². The van der Waals surface area contributed by atoms with Crippen molar-refractivity contribution in [3.8, 4) is 5.75 Å². The zero-order valence-electron chi connectivity index (χ0n) is 16.0. The second-order valence-corrected chi connectivity index (χ2v) is 6.78. The zero-order valence-corrected chi connectivity index (χ0v) is 16.0. The minimum absolute atomic E-state index is 0.267. The van der Waals surface area contributed by atoms with Crippen molar-refractivity contribution in [3.05, 3.63) is 83.3 Å². The predicted octanol–water partition coefficient (Wildman–Crippen LogP) is 5.80. The molecule has 27 heavy (non-hydrogen) atoms. The first-order valence-corrected chi connectivity index (χ1v) is 9.27. The molecule has 0 saturated heterocycles. The third-order valence-electron chi connectivity index (χ3n) is 4.43. The van der Waals surface area contributed by atoms with Gasteiger partial charge in [-0.1, -0.05) is 45.0 Å². The lowest BCUT2D eigenvalue weighted by Gasteiger charge is -2.08. The van der Waals surface area contributed by atoms with Crippen LogP contribution in [0.25, 0.3) is 0 Å². The van der Waals surface area contributed by atoms with Crippen LogP contribution in [0.2, 0.25) is 0 Å². The highest BCUT2D eigenvalue weighted by Crippen LogP contribution is 2.20. The van der Waals surface area contributed by atoms with E-state index in [0.29, 0.717) is 11.7 Å². The number of anilines is 1. The van der Waals surface area contributed by atoms with Crippen LogP contribution in [0.15, 0.2) is 65.1 Å². The van der Waals surface area contributed by atoms with Gasteiger partial charge in [-0.2, -0.15) is 0 Å². The molecule has 0 bridgehead atoms. The third-order valence-corrected chi connectivity index (χ3v) is 4.43. The molecule has 0 aliphatic heterocycles. The first kappa shape index (κ1) is 18.8. The number of furan rings is 1. The van der Waals surface area contributed by atoms with E-state index in [2.05, 4.69) is 38.2 Å². The number of benzene rings is 2. The van der Waals surface area contributed by atoms with Crippen LogP contribution in [0.3, 0.4) is 0 Å². The smallest absolute Gasteiger partial charge is 0.291 e. The lowest BCUT2D eigenvalue weighted by Crippen LogP contribution is -2.10. The highest BCUT2D eigenvalue weighted by atomic mass is 16.5. The molecule has 0 aliphatic carbocycles. The Kier molecular flexibility index (Phi) is 5.97. The van der Waals surface area contributed by atoms with Gasteiger partial charge < -0.3 is 14.5 Å². The maximum Gasteiger partial charge on any atom is 0.291 e. The van der Waals surface area contributed by atoms with E-state index >= 15 is 0 Å². The van der Waals surface area contributed by atoms with Crippen LogP contribution in [0.4, 0.5) is 5.69 Å². The highest BCUT2D eigenvalue weighted by molar-refractivity contribution is 6.02. The molecule has 1 heterocycles. The van der Waals surface area contributed by atoms with Crippen molar-refractivity contribution < 1.29 is 13.9 Å². The number of carbonyl (C=O) groups is 1. The molecule has 0 atom stereocenters. The number of nitrogens with one attached hydrogen (secondary N) is 1. The van der Waals surface area contributed by atoms with Crippen LogP contribution in [0.1, 0.15) is 54.1 Å². The van der Waals surface area contributed by atoms with Gasteiger partial charge in [0, 0.05) is 5.69 Å². The summed E-state index contributed by atoms with van der Waals surface area (Å²) in [5.41, 5.74) is 3.25. The van der Waals surface area contributed by atoms with Crippen molar-refractivity contribution >= 4 is 11.6 Å². The molecule has 0 radical (unpaired) electrons. The minimum Gasteiger partial charge on any atom is -0.486 e. The van der Waals surface area contributed by atoms with Gasteiger partial charge in [0.05, 0.1) is 0 Å². The van der Waals surface area contributed by atoms with Gasteiger partial charge in [0.15, 0.2) is 5.76 Å². The maximum absolute atomic E-state index is 12.3. The Morgan fingerprint density at radius 3 is 2.33 bits per heavy atom. The predicted molar refractivity (Wildman–Crippen MR) is 107 cm³/mol. The molecule has 0 unspecified atom stereocenters. The fourth-order valence-electron chi connectivity index (χ4n) is 2.70. The van der Waals surface area contributed by atoms with Crippen molar-refractivity contribution in [3.63, 3.8) is 0 Å². The van der Waals surface area contributed by atoms with Gasteiger partial charge in [0.1, 0.15) is 18.1 Å². The molecule has 4 heteroatoms. The molecule has 0 fully saturated rings. The number of hydrogen-bond acceptors (Lipinski definition) is 3. The van der Waals surface area contributed by atoms with Gasteiger partial charge >= 0.3 is 0 Å². The molecule has 0 spiro atoms. The number of aryl methyl sites for hydroxylation is 1. The van der Waals surface area contributed by atoms with Crippen LogP contribution in [-0.2, 0) is 13.0 Å². The molecule has 2 aromatic carbocycles. The van der Waals surface area contributed by atoms with Crippen molar-refractivity contribution in [2.45, 2.75) is 39.7 Å². The first-order valence-electron chi connectivity index (χ1n) is 9.27. The maximum atomic E-state index is 12.3. The Labute approximate surface area is 160 Å². The number of amides is 1. The summed E-state index contributed by atoms with van der Waals surface area (Å²) in [4.78, 5) is 12.3. The Morgan fingerprint density at radius 2 is 1.70 bits per heavy atom. The van der Waals surface area contributed by atoms with Crippen LogP contribution in [0.5, 0.6) is 5.75 Å². The van der Waals surface area contributed by atoms with E-state index in [0.717, 1.165) is 17.9 Å². The first-order chi connectivity index (χ1) is 13.0. The zero-order chi connectivity index (χ0) is 19.2. The molecule has 140 valence electrons. The van der Waals surface area contributed by atoms with Gasteiger partial charge in [-0.05, 0) is 59.9 Å². The van der Waals surface area contributed by atoms with Crippen LogP contribution in [0, 0.1) is 0 Å². The molecule has 0 aliphatic rings. The summed E-state index contributed by atoms with van der Waals surface area (Å²) in [5, 5.41) is 2.84. The van der Waals surface area contributed by atoms with E-state index in [9.17, 15) is 4.79 Å². The standard InChI is InChI=1S/C23H25NO3/c1-4-17-5-9-19(10-6-17)24-23(25)22-14-13-21(27-22)15-26-20-11-7-18(8-12-20)16(2)3/h5-14,16H,4,15H2,1-3H3,(H,24,25). The monoisotopic (exact) mass is 363 g/mol. The Bertz CT molecular complexity index is 877. The number of rotatable bonds is 7. The fourth-order valence-corrected chi connectivity index (χ4v) is 2.70. The summed E-state index contributed by atoms with van der Waals surface area (Å²) in [7, 11) is 0. The van der Waals surface area contributed by atoms with Gasteiger partial charge in [-0.3, -0.25) is 4.79 Å². The summed E-state index contributed by atoms with van der Waals surface area (Å²) in [6.45, 7) is 6.69. The Balaban J connectivity index is 1.56. The molecule has 1 N–H and O–H groups in total. The molecule has 1 aromatic heterocycles. The van der Waals surface area contributed by atoms with E-state index < -0.39 is 0 Å². The van der Waals surface area contributed by atoms with E-state index in [1.54, 1.807) is 12.1 Å². The lowest BCUT2D eigenvalue weighted by molar-refractivity contribution is 0.0992. The number of hydrogen-bond donors (Lipinski definition) is 1. The van der Waals surface area contributed by atoms with Gasteiger partial charge in [0.2, 0.25) is 0 Å². The van der Waals surface area contributed by atoms with Crippen molar-refractivity contribution in [1.29, 1.82) is 0 Å². The Morgan fingerprint density at radius 1 is 1.00 bits per heavy atom. The van der Waals surface area contributed by atoms with Gasteiger partial charge in [-0.25, -0.2) is 0 Å². The minimum atomic E-state index is -0.271. The summed E-state index contributed by atoms with van der Waals surface area (Å²) in [6.07, 6.45) is 0.968. The highest BCUT2D eigenvalue weighted by Gasteiger charge is 2.12. The average molecular weight is 363 g/mol. The molecule has 4 nitrogen and oxygen atoms in total. The summed E-state index contributed by atoms with van der Waals surface area (Å²) < 4.78 is 11.3. The topological polar surface area (TPSA) is 51.5 Å². The van der Waals surface area contributed by atoms with Crippen LogP contribution in [-0.4, -0.2) is 5.91 Å².